The Balaban J connectivity index is 1.50. The average molecular weight is 485 g/mol. The number of carbonyl (C=O) groups excluding carboxylic acids is 2. The van der Waals surface area contributed by atoms with Crippen LogP contribution in [0.3, 0.4) is 0 Å². The van der Waals surface area contributed by atoms with Crippen LogP contribution >= 0.6 is 0 Å². The van der Waals surface area contributed by atoms with Crippen LogP contribution in [-0.4, -0.2) is 58.5 Å². The predicted octanol–water partition coefficient (Wildman–Crippen LogP) is 3.64. The summed E-state index contributed by atoms with van der Waals surface area (Å²) < 4.78 is 28.9. The van der Waals surface area contributed by atoms with Crippen LogP contribution in [-0.2, 0) is 14.3 Å². The molecule has 1 saturated heterocycles. The van der Waals surface area contributed by atoms with Crippen LogP contribution < -0.4 is 9.47 Å². The third kappa shape index (κ3) is 4.00. The van der Waals surface area contributed by atoms with Crippen molar-refractivity contribution < 1.29 is 38.2 Å². The molecule has 3 atom stereocenters. The topological polar surface area (TPSA) is 130 Å². The van der Waals surface area contributed by atoms with E-state index >= 15 is 0 Å². The molecular formula is C25H28N2O8. The highest BCUT2D eigenvalue weighted by Gasteiger charge is 2.59. The molecule has 10 heteroatoms. The largest absolute Gasteiger partial charge is 0.507 e. The standard InChI is InChI=1S/C25H28N2O8/c1-13-10-16(28)11-19(29)25(13)23(30)21-18(31-8-9-33-20-6-4-5-7-32-20)12-17(14(2)22(21)34-25)24-26-15(3)27-35-24/h11-13,20,29H,4-10H2,1-3H3/t13-,20?,25+/m1/s1. The molecule has 0 amide bonds. The number of benzene rings is 1. The quantitative estimate of drug-likeness (QED) is 0.606. The van der Waals surface area contributed by atoms with Gasteiger partial charge in [0.05, 0.1) is 12.2 Å². The van der Waals surface area contributed by atoms with Crippen molar-refractivity contribution in [2.45, 2.75) is 58.3 Å². The average Bonchev–Trinajstić information content (AvgIpc) is 3.40. The number of aromatic nitrogens is 2. The summed E-state index contributed by atoms with van der Waals surface area (Å²) in [4.78, 5) is 30.1. The molecule has 2 aliphatic heterocycles. The second-order valence-corrected chi connectivity index (χ2v) is 9.18. The summed E-state index contributed by atoms with van der Waals surface area (Å²) in [6, 6.07) is 1.66. The number of hydrogen-bond donors (Lipinski definition) is 1. The van der Waals surface area contributed by atoms with Crippen molar-refractivity contribution in [1.29, 1.82) is 0 Å². The van der Waals surface area contributed by atoms with Crippen molar-refractivity contribution in [2.24, 2.45) is 5.92 Å². The van der Waals surface area contributed by atoms with E-state index in [9.17, 15) is 14.7 Å². The highest BCUT2D eigenvalue weighted by molar-refractivity contribution is 6.14. The number of aliphatic hydroxyl groups excluding tert-OH is 1. The predicted molar refractivity (Wildman–Crippen MR) is 121 cm³/mol. The van der Waals surface area contributed by atoms with E-state index in [4.69, 9.17) is 23.5 Å². The molecule has 5 rings (SSSR count). The number of allylic oxidation sites excluding steroid dienone is 1. The number of carbonyl (C=O) groups is 2. The minimum absolute atomic E-state index is 0.0734. The van der Waals surface area contributed by atoms with Gasteiger partial charge in [-0.1, -0.05) is 12.1 Å². The normalized spacial score (nSPS) is 26.0. The summed E-state index contributed by atoms with van der Waals surface area (Å²) in [5.74, 6) is -0.470. The lowest BCUT2D eigenvalue weighted by Gasteiger charge is -2.34. The number of aliphatic hydroxyl groups is 1. The molecule has 1 unspecified atom stereocenters. The maximum absolute atomic E-state index is 13.8. The Hall–Kier alpha value is -3.24. The Bertz CT molecular complexity index is 1200. The van der Waals surface area contributed by atoms with Crippen molar-refractivity contribution in [3.05, 3.63) is 34.9 Å². The maximum Gasteiger partial charge on any atom is 0.258 e. The Morgan fingerprint density at radius 3 is 2.74 bits per heavy atom. The summed E-state index contributed by atoms with van der Waals surface area (Å²) in [6.45, 7) is 6.28. The van der Waals surface area contributed by atoms with Crippen molar-refractivity contribution >= 4 is 11.6 Å². The van der Waals surface area contributed by atoms with E-state index in [1.807, 2.05) is 0 Å². The van der Waals surface area contributed by atoms with Crippen LogP contribution in [0.2, 0.25) is 0 Å². The van der Waals surface area contributed by atoms with E-state index in [-0.39, 0.29) is 54.7 Å². The summed E-state index contributed by atoms with van der Waals surface area (Å²) in [5.41, 5.74) is -0.346. The van der Waals surface area contributed by atoms with E-state index < -0.39 is 23.1 Å². The number of aryl methyl sites for hydroxylation is 1. The minimum Gasteiger partial charge on any atom is -0.507 e. The Morgan fingerprint density at radius 2 is 2.06 bits per heavy atom. The monoisotopic (exact) mass is 484 g/mol. The molecule has 0 bridgehead atoms. The minimum atomic E-state index is -1.69. The highest BCUT2D eigenvalue weighted by atomic mass is 16.7. The zero-order chi connectivity index (χ0) is 24.7. The van der Waals surface area contributed by atoms with Gasteiger partial charge in [-0.2, -0.15) is 4.98 Å². The van der Waals surface area contributed by atoms with Gasteiger partial charge >= 0.3 is 0 Å². The Labute approximate surface area is 202 Å². The van der Waals surface area contributed by atoms with Gasteiger partial charge in [0.15, 0.2) is 17.9 Å². The summed E-state index contributed by atoms with van der Waals surface area (Å²) >= 11 is 0. The molecule has 0 radical (unpaired) electrons. The lowest BCUT2D eigenvalue weighted by Crippen LogP contribution is -2.51. The first-order valence-corrected chi connectivity index (χ1v) is 11.8. The fourth-order valence-corrected chi connectivity index (χ4v) is 4.89. The molecule has 1 spiro atoms. The van der Waals surface area contributed by atoms with Gasteiger partial charge in [0, 0.05) is 30.6 Å². The fourth-order valence-electron chi connectivity index (χ4n) is 4.89. The lowest BCUT2D eigenvalue weighted by molar-refractivity contribution is -0.165. The fraction of sp³-hybridized carbons (Fsp3) is 0.520. The Morgan fingerprint density at radius 1 is 1.23 bits per heavy atom. The molecule has 3 aliphatic rings. The second-order valence-electron chi connectivity index (χ2n) is 9.18. The number of rotatable bonds is 6. The van der Waals surface area contributed by atoms with E-state index in [1.165, 1.54) is 0 Å². The van der Waals surface area contributed by atoms with Gasteiger partial charge in [0.25, 0.3) is 5.89 Å². The van der Waals surface area contributed by atoms with Crippen LogP contribution in [0.15, 0.2) is 22.4 Å². The maximum atomic E-state index is 13.8. The van der Waals surface area contributed by atoms with E-state index in [0.717, 1.165) is 25.3 Å². The molecule has 35 heavy (non-hydrogen) atoms. The zero-order valence-electron chi connectivity index (χ0n) is 20.0. The number of Topliss-reactive ketones (excluding diaryl/α,β-unsaturated/α-hetero) is 1. The van der Waals surface area contributed by atoms with Gasteiger partial charge in [0.2, 0.25) is 11.4 Å². The molecular weight excluding hydrogens is 456 g/mol. The molecule has 186 valence electrons. The molecule has 3 heterocycles. The molecule has 1 aromatic heterocycles. The van der Waals surface area contributed by atoms with Crippen LogP contribution in [0.25, 0.3) is 11.5 Å². The van der Waals surface area contributed by atoms with Crippen LogP contribution in [0.1, 0.15) is 54.4 Å². The van der Waals surface area contributed by atoms with Gasteiger partial charge in [-0.05, 0) is 39.2 Å². The first-order chi connectivity index (χ1) is 16.8. The lowest BCUT2D eigenvalue weighted by atomic mass is 9.75. The molecule has 1 aliphatic carbocycles. The van der Waals surface area contributed by atoms with E-state index in [0.29, 0.717) is 23.6 Å². The summed E-state index contributed by atoms with van der Waals surface area (Å²) in [5, 5.41) is 14.6. The van der Waals surface area contributed by atoms with Crippen LogP contribution in [0, 0.1) is 19.8 Å². The second kappa shape index (κ2) is 9.09. The van der Waals surface area contributed by atoms with Gasteiger partial charge in [-0.15, -0.1) is 0 Å². The SMILES string of the molecule is Cc1noc(-c2cc(OCCOC3CCCCO3)c3c(c2C)O[C@]2(C3=O)C(O)=CC(=O)C[C@H]2C)n1. The zero-order valence-corrected chi connectivity index (χ0v) is 20.0. The molecule has 1 N–H and O–H groups in total. The summed E-state index contributed by atoms with van der Waals surface area (Å²) in [6.07, 6.45) is 3.79. The van der Waals surface area contributed by atoms with Gasteiger partial charge in [0.1, 0.15) is 29.4 Å². The summed E-state index contributed by atoms with van der Waals surface area (Å²) in [7, 11) is 0. The first-order valence-electron chi connectivity index (χ1n) is 11.8. The van der Waals surface area contributed by atoms with Crippen molar-refractivity contribution in [3.8, 4) is 23.0 Å². The van der Waals surface area contributed by atoms with E-state index in [1.54, 1.807) is 26.8 Å². The molecule has 0 saturated carbocycles. The molecule has 1 aromatic carbocycles. The Kier molecular flexibility index (Phi) is 6.10. The third-order valence-corrected chi connectivity index (χ3v) is 6.74. The van der Waals surface area contributed by atoms with Gasteiger partial charge < -0.3 is 28.6 Å². The smallest absolute Gasteiger partial charge is 0.258 e. The highest BCUT2D eigenvalue weighted by Crippen LogP contribution is 2.52. The van der Waals surface area contributed by atoms with Crippen LogP contribution in [0.5, 0.6) is 11.5 Å². The van der Waals surface area contributed by atoms with Crippen LogP contribution in [0.4, 0.5) is 0 Å². The van der Waals surface area contributed by atoms with E-state index in [2.05, 4.69) is 10.1 Å². The van der Waals surface area contributed by atoms with Crippen molar-refractivity contribution in [1.82, 2.24) is 10.1 Å². The molecule has 2 aromatic rings. The first kappa shape index (κ1) is 23.5. The molecule has 10 nitrogen and oxygen atoms in total. The number of hydrogen-bond acceptors (Lipinski definition) is 10. The number of fused-ring (bicyclic) bond motifs is 1. The van der Waals surface area contributed by atoms with Gasteiger partial charge in [-0.25, -0.2) is 0 Å². The number of nitrogens with zero attached hydrogens (tertiary/aromatic N) is 2. The number of ether oxygens (including phenoxy) is 4. The van der Waals surface area contributed by atoms with Crippen molar-refractivity contribution in [2.75, 3.05) is 19.8 Å². The number of ketones is 2. The van der Waals surface area contributed by atoms with Crippen molar-refractivity contribution in [3.63, 3.8) is 0 Å². The van der Waals surface area contributed by atoms with Gasteiger partial charge in [-0.3, -0.25) is 9.59 Å². The molecule has 1 fully saturated rings. The third-order valence-electron chi connectivity index (χ3n) is 6.74.